The Hall–Kier alpha value is -2.15. The normalized spacial score (nSPS) is 12.0. The van der Waals surface area contributed by atoms with E-state index in [0.29, 0.717) is 23.1 Å². The predicted molar refractivity (Wildman–Crippen MR) is 84.9 cm³/mol. The first-order valence-corrected chi connectivity index (χ1v) is 7.62. The van der Waals surface area contributed by atoms with Gasteiger partial charge in [-0.2, -0.15) is 0 Å². The Morgan fingerprint density at radius 3 is 2.91 bits per heavy atom. The number of benzene rings is 1. The molecule has 0 aliphatic carbocycles. The van der Waals surface area contributed by atoms with Gasteiger partial charge in [0.15, 0.2) is 11.0 Å². The Balaban J connectivity index is 2.16. The van der Waals surface area contributed by atoms with Crippen LogP contribution in [0.5, 0.6) is 0 Å². The second-order valence-corrected chi connectivity index (χ2v) is 5.95. The number of hydrogen-bond acceptors (Lipinski definition) is 4. The number of halogens is 1. The third kappa shape index (κ3) is 3.54. The van der Waals surface area contributed by atoms with Crippen LogP contribution < -0.4 is 5.32 Å². The van der Waals surface area contributed by atoms with Crippen molar-refractivity contribution in [3.63, 3.8) is 0 Å². The van der Waals surface area contributed by atoms with Crippen LogP contribution in [0.4, 0.5) is 4.39 Å². The molecule has 1 amide bonds. The van der Waals surface area contributed by atoms with Gasteiger partial charge < -0.3 is 9.88 Å². The smallest absolute Gasteiger partial charge is 0.233 e. The zero-order chi connectivity index (χ0) is 16.1. The molecule has 0 fully saturated rings. The quantitative estimate of drug-likeness (QED) is 0.656. The molecule has 0 aliphatic rings. The molecule has 1 heterocycles. The van der Waals surface area contributed by atoms with Crippen molar-refractivity contribution in [2.45, 2.75) is 17.3 Å². The highest BCUT2D eigenvalue weighted by molar-refractivity contribution is 8.00. The lowest BCUT2D eigenvalue weighted by Crippen LogP contribution is -2.31. The highest BCUT2D eigenvalue weighted by Gasteiger charge is 2.19. The second kappa shape index (κ2) is 7.22. The molecule has 7 heteroatoms. The molecule has 1 atom stereocenters. The van der Waals surface area contributed by atoms with Crippen LogP contribution in [-0.4, -0.2) is 32.5 Å². The van der Waals surface area contributed by atoms with Gasteiger partial charge >= 0.3 is 0 Å². The highest BCUT2D eigenvalue weighted by atomic mass is 32.2. The van der Waals surface area contributed by atoms with E-state index in [2.05, 4.69) is 22.1 Å². The first kappa shape index (κ1) is 16.2. The number of aromatic nitrogens is 3. The van der Waals surface area contributed by atoms with Gasteiger partial charge in [0.2, 0.25) is 5.91 Å². The summed E-state index contributed by atoms with van der Waals surface area (Å²) >= 11 is 1.27. The summed E-state index contributed by atoms with van der Waals surface area (Å²) in [6.07, 6.45) is 1.62. The van der Waals surface area contributed by atoms with Crippen molar-refractivity contribution in [2.75, 3.05) is 6.54 Å². The molecule has 0 spiro atoms. The zero-order valence-electron chi connectivity index (χ0n) is 12.4. The first-order valence-electron chi connectivity index (χ1n) is 6.74. The van der Waals surface area contributed by atoms with Crippen LogP contribution in [0.15, 0.2) is 42.1 Å². The molecule has 5 nitrogen and oxygen atoms in total. The van der Waals surface area contributed by atoms with E-state index >= 15 is 0 Å². The van der Waals surface area contributed by atoms with Gasteiger partial charge in [-0.1, -0.05) is 30.0 Å². The summed E-state index contributed by atoms with van der Waals surface area (Å²) in [5, 5.41) is 11.0. The van der Waals surface area contributed by atoms with Crippen molar-refractivity contribution < 1.29 is 9.18 Å². The largest absolute Gasteiger partial charge is 0.352 e. The summed E-state index contributed by atoms with van der Waals surface area (Å²) in [5.41, 5.74) is 0.383. The van der Waals surface area contributed by atoms with Gasteiger partial charge in [0, 0.05) is 13.6 Å². The maximum absolute atomic E-state index is 13.8. The van der Waals surface area contributed by atoms with E-state index in [1.54, 1.807) is 42.8 Å². The molecule has 22 heavy (non-hydrogen) atoms. The lowest BCUT2D eigenvalue weighted by Gasteiger charge is -2.10. The molecule has 2 aromatic rings. The summed E-state index contributed by atoms with van der Waals surface area (Å²) in [4.78, 5) is 11.9. The minimum Gasteiger partial charge on any atom is -0.352 e. The average molecular weight is 320 g/mol. The second-order valence-electron chi connectivity index (χ2n) is 4.64. The fourth-order valence-corrected chi connectivity index (χ4v) is 2.66. The first-order chi connectivity index (χ1) is 10.5. The molecule has 0 unspecified atom stereocenters. The third-order valence-corrected chi connectivity index (χ3v) is 4.16. The lowest BCUT2D eigenvalue weighted by atomic mass is 10.2. The van der Waals surface area contributed by atoms with Gasteiger partial charge in [-0.3, -0.25) is 4.79 Å². The molecule has 0 bridgehead atoms. The number of nitrogens with zero attached hydrogens (tertiary/aromatic N) is 3. The number of thioether (sulfide) groups is 1. The SMILES string of the molecule is C=CCNC(=O)[C@H](C)Sc1nnc(-c2ccccc2F)n1C. The molecule has 1 N–H and O–H groups in total. The van der Waals surface area contributed by atoms with E-state index < -0.39 is 0 Å². The van der Waals surface area contributed by atoms with E-state index in [9.17, 15) is 9.18 Å². The number of carbonyl (C=O) groups is 1. The Kier molecular flexibility index (Phi) is 5.32. The molecular weight excluding hydrogens is 303 g/mol. The van der Waals surface area contributed by atoms with Crippen LogP contribution in [0.2, 0.25) is 0 Å². The molecule has 1 aromatic heterocycles. The van der Waals surface area contributed by atoms with Crippen molar-refractivity contribution in [3.8, 4) is 11.4 Å². The van der Waals surface area contributed by atoms with Crippen LogP contribution in [0.3, 0.4) is 0 Å². The monoisotopic (exact) mass is 320 g/mol. The van der Waals surface area contributed by atoms with Gasteiger partial charge in [0.05, 0.1) is 10.8 Å². The maximum atomic E-state index is 13.8. The molecule has 0 saturated heterocycles. The van der Waals surface area contributed by atoms with Crippen LogP contribution in [0.25, 0.3) is 11.4 Å². The number of amides is 1. The maximum Gasteiger partial charge on any atom is 0.233 e. The van der Waals surface area contributed by atoms with Crippen molar-refractivity contribution >= 4 is 17.7 Å². The van der Waals surface area contributed by atoms with Crippen LogP contribution >= 0.6 is 11.8 Å². The topological polar surface area (TPSA) is 59.8 Å². The van der Waals surface area contributed by atoms with E-state index in [0.717, 1.165) is 0 Å². The fourth-order valence-electron chi connectivity index (χ4n) is 1.82. The molecule has 0 aliphatic heterocycles. The van der Waals surface area contributed by atoms with Gasteiger partial charge in [0.1, 0.15) is 5.82 Å². The van der Waals surface area contributed by atoms with Crippen LogP contribution in [-0.2, 0) is 11.8 Å². The van der Waals surface area contributed by atoms with Crippen molar-refractivity contribution in [1.29, 1.82) is 0 Å². The minimum atomic E-state index is -0.355. The van der Waals surface area contributed by atoms with Crippen molar-refractivity contribution in [1.82, 2.24) is 20.1 Å². The Morgan fingerprint density at radius 1 is 1.50 bits per heavy atom. The summed E-state index contributed by atoms with van der Waals surface area (Å²) in [6.45, 7) is 5.75. The van der Waals surface area contributed by atoms with Gasteiger partial charge in [-0.25, -0.2) is 4.39 Å². The molecule has 116 valence electrons. The van der Waals surface area contributed by atoms with E-state index in [1.807, 2.05) is 0 Å². The van der Waals surface area contributed by atoms with Gasteiger partial charge in [-0.15, -0.1) is 16.8 Å². The Bertz CT molecular complexity index is 686. The Labute approximate surface area is 132 Å². The number of rotatable bonds is 6. The third-order valence-electron chi connectivity index (χ3n) is 3.02. The molecular formula is C15H17FN4OS. The van der Waals surface area contributed by atoms with Crippen molar-refractivity contribution in [2.24, 2.45) is 7.05 Å². The van der Waals surface area contributed by atoms with E-state index in [1.165, 1.54) is 17.8 Å². The van der Waals surface area contributed by atoms with Gasteiger partial charge in [0.25, 0.3) is 0 Å². The van der Waals surface area contributed by atoms with Crippen LogP contribution in [0, 0.1) is 5.82 Å². The zero-order valence-corrected chi connectivity index (χ0v) is 13.2. The van der Waals surface area contributed by atoms with E-state index in [-0.39, 0.29) is 17.0 Å². The average Bonchev–Trinajstić information content (AvgIpc) is 2.86. The van der Waals surface area contributed by atoms with Crippen LogP contribution in [0.1, 0.15) is 6.92 Å². The summed E-state index contributed by atoms with van der Waals surface area (Å²) < 4.78 is 15.5. The fraction of sp³-hybridized carbons (Fsp3) is 0.267. The molecule has 0 radical (unpaired) electrons. The highest BCUT2D eigenvalue weighted by Crippen LogP contribution is 2.26. The Morgan fingerprint density at radius 2 is 2.23 bits per heavy atom. The standard InChI is InChI=1S/C15H17FN4OS/c1-4-9-17-14(21)10(2)22-15-19-18-13(20(15)3)11-7-5-6-8-12(11)16/h4-8,10H,1,9H2,2-3H3,(H,17,21)/t10-/m0/s1. The lowest BCUT2D eigenvalue weighted by molar-refractivity contribution is -0.120. The summed E-state index contributed by atoms with van der Waals surface area (Å²) in [5.74, 6) is -0.0361. The predicted octanol–water partition coefficient (Wildman–Crippen LogP) is 2.40. The number of carbonyl (C=O) groups excluding carboxylic acids is 1. The minimum absolute atomic E-state index is 0.111. The van der Waals surface area contributed by atoms with Gasteiger partial charge in [-0.05, 0) is 19.1 Å². The number of nitrogens with one attached hydrogen (secondary N) is 1. The summed E-state index contributed by atoms with van der Waals surface area (Å²) in [6, 6.07) is 6.39. The molecule has 0 saturated carbocycles. The van der Waals surface area contributed by atoms with Crippen molar-refractivity contribution in [3.05, 3.63) is 42.7 Å². The molecule has 1 aromatic carbocycles. The number of hydrogen-bond donors (Lipinski definition) is 1. The summed E-state index contributed by atoms with van der Waals surface area (Å²) in [7, 11) is 1.75. The molecule has 2 rings (SSSR count). The van der Waals surface area contributed by atoms with E-state index in [4.69, 9.17) is 0 Å².